The van der Waals surface area contributed by atoms with Crippen molar-refractivity contribution in [2.24, 2.45) is 0 Å². The molecule has 0 radical (unpaired) electrons. The molecule has 2 unspecified atom stereocenters. The van der Waals surface area contributed by atoms with Gasteiger partial charge in [0, 0.05) is 11.1 Å². The lowest BCUT2D eigenvalue weighted by atomic mass is 10.1. The number of nitrogens with one attached hydrogen (secondary N) is 2. The van der Waals surface area contributed by atoms with Gasteiger partial charge in [-0.25, -0.2) is 0 Å². The van der Waals surface area contributed by atoms with Gasteiger partial charge in [-0.15, -0.1) is 0 Å². The SMILES string of the molecule is Cc1cc(C)c(NC(=O)C(C)NC(C)c2ccccc2Cl)c(Cl)c1. The van der Waals surface area contributed by atoms with Crippen molar-refractivity contribution in [3.8, 4) is 0 Å². The predicted molar refractivity (Wildman–Crippen MR) is 102 cm³/mol. The Kier molecular flexibility index (Phi) is 6.27. The quantitative estimate of drug-likeness (QED) is 0.756. The number of hydrogen-bond acceptors (Lipinski definition) is 2. The van der Waals surface area contributed by atoms with Crippen LogP contribution in [0, 0.1) is 13.8 Å². The van der Waals surface area contributed by atoms with E-state index < -0.39 is 6.04 Å². The van der Waals surface area contributed by atoms with E-state index >= 15 is 0 Å². The van der Waals surface area contributed by atoms with Crippen LogP contribution in [0.25, 0.3) is 0 Å². The molecule has 2 aromatic rings. The van der Waals surface area contributed by atoms with Crippen molar-refractivity contribution in [1.82, 2.24) is 5.32 Å². The number of amides is 1. The predicted octanol–water partition coefficient (Wildman–Crippen LogP) is 5.29. The van der Waals surface area contributed by atoms with Crippen LogP contribution in [-0.4, -0.2) is 11.9 Å². The zero-order valence-corrected chi connectivity index (χ0v) is 15.8. The number of halogens is 2. The molecule has 2 aromatic carbocycles. The summed E-state index contributed by atoms with van der Waals surface area (Å²) in [6, 6.07) is 11.0. The first-order chi connectivity index (χ1) is 11.3. The molecule has 5 heteroatoms. The maximum absolute atomic E-state index is 12.5. The second-order valence-electron chi connectivity index (χ2n) is 6.06. The van der Waals surface area contributed by atoms with Crippen molar-refractivity contribution in [1.29, 1.82) is 0 Å². The van der Waals surface area contributed by atoms with Gasteiger partial charge in [-0.05, 0) is 56.5 Å². The van der Waals surface area contributed by atoms with E-state index in [1.54, 1.807) is 0 Å². The Balaban J connectivity index is 2.07. The van der Waals surface area contributed by atoms with Crippen LogP contribution in [0.1, 0.15) is 36.6 Å². The van der Waals surface area contributed by atoms with E-state index in [4.69, 9.17) is 23.2 Å². The van der Waals surface area contributed by atoms with E-state index in [1.165, 1.54) is 0 Å². The van der Waals surface area contributed by atoms with E-state index in [2.05, 4.69) is 10.6 Å². The third-order valence-electron chi connectivity index (χ3n) is 3.94. The lowest BCUT2D eigenvalue weighted by Crippen LogP contribution is -2.39. The lowest BCUT2D eigenvalue weighted by molar-refractivity contribution is -0.117. The first-order valence-electron chi connectivity index (χ1n) is 7.87. The minimum atomic E-state index is -0.395. The van der Waals surface area contributed by atoms with Crippen molar-refractivity contribution < 1.29 is 4.79 Å². The van der Waals surface area contributed by atoms with Crippen LogP contribution in [0.3, 0.4) is 0 Å². The van der Waals surface area contributed by atoms with E-state index in [-0.39, 0.29) is 11.9 Å². The summed E-state index contributed by atoms with van der Waals surface area (Å²) in [5.41, 5.74) is 3.63. The Labute approximate surface area is 153 Å². The van der Waals surface area contributed by atoms with Gasteiger partial charge < -0.3 is 5.32 Å². The molecule has 128 valence electrons. The van der Waals surface area contributed by atoms with Gasteiger partial charge in [0.2, 0.25) is 5.91 Å². The number of benzene rings is 2. The number of carbonyl (C=O) groups is 1. The van der Waals surface area contributed by atoms with Crippen LogP contribution in [0.4, 0.5) is 5.69 Å². The van der Waals surface area contributed by atoms with Crippen LogP contribution in [0.15, 0.2) is 36.4 Å². The number of hydrogen-bond donors (Lipinski definition) is 2. The molecule has 0 aliphatic heterocycles. The molecule has 0 saturated heterocycles. The second kappa shape index (κ2) is 8.02. The van der Waals surface area contributed by atoms with Gasteiger partial charge in [-0.1, -0.05) is 47.5 Å². The summed E-state index contributed by atoms with van der Waals surface area (Å²) in [6.45, 7) is 7.70. The van der Waals surface area contributed by atoms with Crippen LogP contribution in [0.2, 0.25) is 10.0 Å². The van der Waals surface area contributed by atoms with Gasteiger partial charge in [0.25, 0.3) is 0 Å². The maximum Gasteiger partial charge on any atom is 0.241 e. The Morgan fingerprint density at radius 1 is 1.04 bits per heavy atom. The molecule has 0 saturated carbocycles. The smallest absolute Gasteiger partial charge is 0.241 e. The third-order valence-corrected chi connectivity index (χ3v) is 4.59. The molecule has 24 heavy (non-hydrogen) atoms. The van der Waals surface area contributed by atoms with E-state index in [1.807, 2.05) is 64.1 Å². The van der Waals surface area contributed by atoms with E-state index in [9.17, 15) is 4.79 Å². The fourth-order valence-electron chi connectivity index (χ4n) is 2.67. The maximum atomic E-state index is 12.5. The normalized spacial score (nSPS) is 13.4. The highest BCUT2D eigenvalue weighted by Gasteiger charge is 2.19. The summed E-state index contributed by atoms with van der Waals surface area (Å²) in [6.07, 6.45) is 0. The van der Waals surface area contributed by atoms with Crippen LogP contribution in [-0.2, 0) is 4.79 Å². The molecule has 0 aromatic heterocycles. The van der Waals surface area contributed by atoms with Gasteiger partial charge >= 0.3 is 0 Å². The molecule has 0 spiro atoms. The lowest BCUT2D eigenvalue weighted by Gasteiger charge is -2.21. The van der Waals surface area contributed by atoms with Crippen LogP contribution in [0.5, 0.6) is 0 Å². The largest absolute Gasteiger partial charge is 0.323 e. The average Bonchev–Trinajstić information content (AvgIpc) is 2.50. The Morgan fingerprint density at radius 3 is 2.33 bits per heavy atom. The fraction of sp³-hybridized carbons (Fsp3) is 0.316. The molecule has 2 atom stereocenters. The molecule has 0 bridgehead atoms. The minimum Gasteiger partial charge on any atom is -0.323 e. The van der Waals surface area contributed by atoms with Crippen LogP contribution < -0.4 is 10.6 Å². The monoisotopic (exact) mass is 364 g/mol. The van der Waals surface area contributed by atoms with E-state index in [0.717, 1.165) is 16.7 Å². The van der Waals surface area contributed by atoms with E-state index in [0.29, 0.717) is 15.7 Å². The summed E-state index contributed by atoms with van der Waals surface area (Å²) < 4.78 is 0. The molecule has 3 nitrogen and oxygen atoms in total. The Morgan fingerprint density at radius 2 is 1.71 bits per heavy atom. The number of aryl methyl sites for hydroxylation is 2. The summed E-state index contributed by atoms with van der Waals surface area (Å²) >= 11 is 12.5. The van der Waals surface area contributed by atoms with Crippen molar-refractivity contribution >= 4 is 34.8 Å². The van der Waals surface area contributed by atoms with Crippen molar-refractivity contribution in [3.05, 3.63) is 63.1 Å². The molecule has 0 aliphatic carbocycles. The molecule has 1 amide bonds. The van der Waals surface area contributed by atoms with Gasteiger partial charge in [-0.3, -0.25) is 10.1 Å². The molecule has 0 aliphatic rings. The number of carbonyl (C=O) groups excluding carboxylic acids is 1. The standard InChI is InChI=1S/C19H22Cl2N2O/c1-11-9-12(2)18(17(21)10-11)23-19(24)14(4)22-13(3)15-7-5-6-8-16(15)20/h5-10,13-14,22H,1-4H3,(H,23,24). The topological polar surface area (TPSA) is 41.1 Å². The molecular formula is C19H22Cl2N2O. The first-order valence-corrected chi connectivity index (χ1v) is 8.63. The van der Waals surface area contributed by atoms with Gasteiger partial charge in [-0.2, -0.15) is 0 Å². The molecule has 0 heterocycles. The Bertz CT molecular complexity index is 723. The summed E-state index contributed by atoms with van der Waals surface area (Å²) in [5.74, 6) is -0.136. The van der Waals surface area contributed by atoms with Gasteiger partial charge in [0.05, 0.1) is 16.8 Å². The number of anilines is 1. The highest BCUT2D eigenvalue weighted by Crippen LogP contribution is 2.28. The Hall–Kier alpha value is -1.55. The highest BCUT2D eigenvalue weighted by molar-refractivity contribution is 6.34. The van der Waals surface area contributed by atoms with Gasteiger partial charge in [0.1, 0.15) is 0 Å². The molecule has 2 rings (SSSR count). The number of rotatable bonds is 5. The highest BCUT2D eigenvalue weighted by atomic mass is 35.5. The summed E-state index contributed by atoms with van der Waals surface area (Å²) in [4.78, 5) is 12.5. The minimum absolute atomic E-state index is 0.0472. The van der Waals surface area contributed by atoms with Crippen molar-refractivity contribution in [2.75, 3.05) is 5.32 Å². The zero-order valence-electron chi connectivity index (χ0n) is 14.3. The van der Waals surface area contributed by atoms with Gasteiger partial charge in [0.15, 0.2) is 0 Å². The third kappa shape index (κ3) is 4.50. The summed E-state index contributed by atoms with van der Waals surface area (Å²) in [7, 11) is 0. The van der Waals surface area contributed by atoms with Crippen molar-refractivity contribution in [2.45, 2.75) is 39.8 Å². The first kappa shape index (κ1) is 18.8. The van der Waals surface area contributed by atoms with Crippen molar-refractivity contribution in [3.63, 3.8) is 0 Å². The zero-order chi connectivity index (χ0) is 17.9. The average molecular weight is 365 g/mol. The fourth-order valence-corrected chi connectivity index (χ4v) is 3.34. The molecular weight excluding hydrogens is 343 g/mol. The molecule has 0 fully saturated rings. The summed E-state index contributed by atoms with van der Waals surface area (Å²) in [5, 5.41) is 7.41. The van der Waals surface area contributed by atoms with Crippen LogP contribution >= 0.6 is 23.2 Å². The second-order valence-corrected chi connectivity index (χ2v) is 6.87. The molecule has 2 N–H and O–H groups in total.